The third-order valence-corrected chi connectivity index (χ3v) is 4.55. The van der Waals surface area contributed by atoms with Gasteiger partial charge in [0.15, 0.2) is 5.96 Å². The summed E-state index contributed by atoms with van der Waals surface area (Å²) in [5.41, 5.74) is 10.3. The van der Waals surface area contributed by atoms with E-state index in [2.05, 4.69) is 34.6 Å². The van der Waals surface area contributed by atoms with Gasteiger partial charge in [0.2, 0.25) is 5.91 Å². The van der Waals surface area contributed by atoms with Gasteiger partial charge in [0, 0.05) is 30.9 Å². The van der Waals surface area contributed by atoms with Gasteiger partial charge in [-0.15, -0.1) is 24.0 Å². The fraction of sp³-hybridized carbons (Fsp3) is 0.450. The minimum absolute atomic E-state index is 0. The zero-order valence-corrected chi connectivity index (χ0v) is 19.6. The van der Waals surface area contributed by atoms with Crippen LogP contribution in [-0.4, -0.2) is 34.2 Å². The first-order valence-corrected chi connectivity index (χ1v) is 9.24. The molecule has 0 saturated heterocycles. The second kappa shape index (κ2) is 11.0. The summed E-state index contributed by atoms with van der Waals surface area (Å²) < 4.78 is 1.92. The number of nitrogens with two attached hydrogens (primary N) is 1. The monoisotopic (exact) mass is 498 g/mol. The van der Waals surface area contributed by atoms with Crippen LogP contribution >= 0.6 is 24.0 Å². The van der Waals surface area contributed by atoms with Gasteiger partial charge in [0.05, 0.1) is 12.2 Å². The second-order valence-electron chi connectivity index (χ2n) is 6.78. The number of rotatable bonds is 7. The highest BCUT2D eigenvalue weighted by Crippen LogP contribution is 2.14. The Morgan fingerprint density at radius 2 is 1.93 bits per heavy atom. The lowest BCUT2D eigenvalue weighted by Crippen LogP contribution is -2.43. The summed E-state index contributed by atoms with van der Waals surface area (Å²) in [5, 5.41) is 11.2. The number of hydrogen-bond donors (Lipinski definition) is 3. The third kappa shape index (κ3) is 6.50. The average molecular weight is 498 g/mol. The molecule has 1 aromatic carbocycles. The normalized spacial score (nSPS) is 12.2. The van der Waals surface area contributed by atoms with Crippen LogP contribution in [0.15, 0.2) is 29.3 Å². The Labute approximate surface area is 184 Å². The number of halogens is 1. The van der Waals surface area contributed by atoms with Crippen LogP contribution in [0.4, 0.5) is 0 Å². The summed E-state index contributed by atoms with van der Waals surface area (Å²) in [6, 6.07) is 7.41. The molecule has 0 radical (unpaired) electrons. The van der Waals surface area contributed by atoms with Crippen molar-refractivity contribution in [1.29, 1.82) is 0 Å². The number of benzene rings is 1. The number of hydrogen-bond acceptors (Lipinski definition) is 3. The predicted octanol–water partition coefficient (Wildman–Crippen LogP) is 2.44. The molecule has 1 atom stereocenters. The van der Waals surface area contributed by atoms with Crippen LogP contribution in [-0.2, 0) is 20.0 Å². The molecule has 1 unspecified atom stereocenters. The maximum absolute atomic E-state index is 11.2. The SMILES string of the molecule is CCNC(=NCc1ccc(C(N)=O)cc1)NC(C)Cc1c(C)nn(C)c1C.I. The molecule has 0 aliphatic rings. The summed E-state index contributed by atoms with van der Waals surface area (Å²) in [7, 11) is 1.97. The van der Waals surface area contributed by atoms with Crippen molar-refractivity contribution < 1.29 is 4.79 Å². The van der Waals surface area contributed by atoms with Gasteiger partial charge in [0.25, 0.3) is 0 Å². The van der Waals surface area contributed by atoms with E-state index in [1.807, 2.05) is 37.7 Å². The number of aryl methyl sites for hydroxylation is 2. The van der Waals surface area contributed by atoms with Crippen LogP contribution in [0.25, 0.3) is 0 Å². The Kier molecular flexibility index (Phi) is 9.44. The number of aliphatic imine (C=N–C) groups is 1. The number of nitrogens with one attached hydrogen (secondary N) is 2. The molecule has 1 aromatic heterocycles. The van der Waals surface area contributed by atoms with Crippen LogP contribution in [0.5, 0.6) is 0 Å². The highest BCUT2D eigenvalue weighted by atomic mass is 127. The average Bonchev–Trinajstić information content (AvgIpc) is 2.86. The lowest BCUT2D eigenvalue weighted by Gasteiger charge is -2.18. The Balaban J connectivity index is 0.00000392. The van der Waals surface area contributed by atoms with E-state index in [9.17, 15) is 4.79 Å². The van der Waals surface area contributed by atoms with Gasteiger partial charge in [-0.25, -0.2) is 4.99 Å². The van der Waals surface area contributed by atoms with Crippen molar-refractivity contribution in [3.8, 4) is 0 Å². The highest BCUT2D eigenvalue weighted by molar-refractivity contribution is 14.0. The largest absolute Gasteiger partial charge is 0.366 e. The first-order chi connectivity index (χ1) is 12.8. The molecule has 0 aliphatic carbocycles. The quantitative estimate of drug-likeness (QED) is 0.311. The molecule has 7 nitrogen and oxygen atoms in total. The summed E-state index contributed by atoms with van der Waals surface area (Å²) in [5.74, 6) is 0.345. The predicted molar refractivity (Wildman–Crippen MR) is 124 cm³/mol. The number of primary amides is 1. The molecule has 0 fully saturated rings. The third-order valence-electron chi connectivity index (χ3n) is 4.55. The van der Waals surface area contributed by atoms with E-state index in [-0.39, 0.29) is 30.0 Å². The summed E-state index contributed by atoms with van der Waals surface area (Å²) in [6.07, 6.45) is 0.878. The summed E-state index contributed by atoms with van der Waals surface area (Å²) in [6.45, 7) is 9.62. The van der Waals surface area contributed by atoms with E-state index in [4.69, 9.17) is 5.73 Å². The lowest BCUT2D eigenvalue weighted by atomic mass is 10.1. The number of amides is 1. The van der Waals surface area contributed by atoms with Crippen molar-refractivity contribution >= 4 is 35.8 Å². The van der Waals surface area contributed by atoms with Crippen LogP contribution < -0.4 is 16.4 Å². The number of carbonyl (C=O) groups excluding carboxylic acids is 1. The molecular formula is C20H31IN6O. The van der Waals surface area contributed by atoms with Gasteiger partial charge >= 0.3 is 0 Å². The zero-order chi connectivity index (χ0) is 20.0. The maximum Gasteiger partial charge on any atom is 0.248 e. The Bertz CT molecular complexity index is 813. The van der Waals surface area contributed by atoms with E-state index in [0.29, 0.717) is 12.1 Å². The molecule has 2 aromatic rings. The van der Waals surface area contributed by atoms with Crippen LogP contribution in [0.1, 0.15) is 46.7 Å². The van der Waals surface area contributed by atoms with Crippen molar-refractivity contribution in [2.45, 2.75) is 46.7 Å². The summed E-state index contributed by atoms with van der Waals surface area (Å²) >= 11 is 0. The Morgan fingerprint density at radius 1 is 1.29 bits per heavy atom. The van der Waals surface area contributed by atoms with E-state index in [1.165, 1.54) is 11.3 Å². The number of guanidine groups is 1. The number of aromatic nitrogens is 2. The van der Waals surface area contributed by atoms with Crippen molar-refractivity contribution in [2.24, 2.45) is 17.8 Å². The first-order valence-electron chi connectivity index (χ1n) is 9.24. The maximum atomic E-state index is 11.2. The van der Waals surface area contributed by atoms with E-state index >= 15 is 0 Å². The van der Waals surface area contributed by atoms with Crippen LogP contribution in [0.2, 0.25) is 0 Å². The van der Waals surface area contributed by atoms with Gasteiger partial charge in [-0.05, 0) is 57.4 Å². The molecular weight excluding hydrogens is 467 g/mol. The van der Waals surface area contributed by atoms with Crippen molar-refractivity contribution in [3.63, 3.8) is 0 Å². The number of nitrogens with zero attached hydrogens (tertiary/aromatic N) is 3. The molecule has 0 bridgehead atoms. The Hall–Kier alpha value is -2.10. The lowest BCUT2D eigenvalue weighted by molar-refractivity contribution is 0.100. The van der Waals surface area contributed by atoms with Crippen LogP contribution in [0.3, 0.4) is 0 Å². The summed E-state index contributed by atoms with van der Waals surface area (Å²) in [4.78, 5) is 15.8. The van der Waals surface area contributed by atoms with Gasteiger partial charge in [-0.1, -0.05) is 12.1 Å². The highest BCUT2D eigenvalue weighted by Gasteiger charge is 2.14. The van der Waals surface area contributed by atoms with Gasteiger partial charge in [0.1, 0.15) is 0 Å². The minimum atomic E-state index is -0.421. The molecule has 0 spiro atoms. The van der Waals surface area contributed by atoms with Crippen LogP contribution in [0, 0.1) is 13.8 Å². The zero-order valence-electron chi connectivity index (χ0n) is 17.2. The van der Waals surface area contributed by atoms with Crippen molar-refractivity contribution in [3.05, 3.63) is 52.3 Å². The van der Waals surface area contributed by atoms with E-state index in [1.54, 1.807) is 12.1 Å². The molecule has 2 rings (SSSR count). The second-order valence-corrected chi connectivity index (χ2v) is 6.78. The fourth-order valence-electron chi connectivity index (χ4n) is 2.97. The van der Waals surface area contributed by atoms with Gasteiger partial charge in [-0.2, -0.15) is 5.10 Å². The van der Waals surface area contributed by atoms with Crippen molar-refractivity contribution in [1.82, 2.24) is 20.4 Å². The van der Waals surface area contributed by atoms with E-state index in [0.717, 1.165) is 30.2 Å². The first kappa shape index (κ1) is 23.9. The van der Waals surface area contributed by atoms with Crippen molar-refractivity contribution in [2.75, 3.05) is 6.54 Å². The standard InChI is InChI=1S/C20H30N6O.HI/c1-6-22-20(23-12-16-7-9-17(10-8-16)19(21)27)24-13(2)11-18-14(3)25-26(5)15(18)4;/h7-10,13H,6,11-12H2,1-5H3,(H2,21,27)(H2,22,23,24);1H. The number of carbonyl (C=O) groups is 1. The van der Waals surface area contributed by atoms with Gasteiger partial charge < -0.3 is 16.4 Å². The van der Waals surface area contributed by atoms with E-state index < -0.39 is 5.91 Å². The molecule has 154 valence electrons. The minimum Gasteiger partial charge on any atom is -0.366 e. The molecule has 4 N–H and O–H groups in total. The molecule has 8 heteroatoms. The fourth-order valence-corrected chi connectivity index (χ4v) is 2.97. The Morgan fingerprint density at radius 3 is 2.43 bits per heavy atom. The van der Waals surface area contributed by atoms with Gasteiger partial charge in [-0.3, -0.25) is 9.48 Å². The smallest absolute Gasteiger partial charge is 0.248 e. The topological polar surface area (TPSA) is 97.3 Å². The molecule has 1 amide bonds. The molecule has 28 heavy (non-hydrogen) atoms. The molecule has 0 saturated carbocycles. The molecule has 0 aliphatic heterocycles. The molecule has 1 heterocycles.